The minimum atomic E-state index is -0.0848. The number of anilines is 1. The van der Waals surface area contributed by atoms with Crippen LogP contribution in [0.5, 0.6) is 0 Å². The second-order valence-electron chi connectivity index (χ2n) is 3.16. The van der Waals surface area contributed by atoms with E-state index in [0.29, 0.717) is 0 Å². The Hall–Kier alpha value is -1.84. The molecule has 1 N–H and O–H groups in total. The third-order valence-electron chi connectivity index (χ3n) is 1.97. The van der Waals surface area contributed by atoms with Crippen molar-refractivity contribution in [3.8, 4) is 0 Å². The van der Waals surface area contributed by atoms with Gasteiger partial charge in [0, 0.05) is 18.0 Å². The summed E-state index contributed by atoms with van der Waals surface area (Å²) in [5.74, 6) is -0.0848. The number of aryl methyl sites for hydroxylation is 1. The fraction of sp³-hybridized carbons (Fsp3) is 0.200. The summed E-state index contributed by atoms with van der Waals surface area (Å²) >= 11 is 0. The van der Waals surface area contributed by atoms with Gasteiger partial charge in [0.05, 0.1) is 5.69 Å². The maximum atomic E-state index is 10.8. The number of carbonyl (C=O) groups is 1. The lowest BCUT2D eigenvalue weighted by Gasteiger charge is -2.00. The van der Waals surface area contributed by atoms with Crippen molar-refractivity contribution in [2.24, 2.45) is 0 Å². The van der Waals surface area contributed by atoms with E-state index in [9.17, 15) is 4.79 Å². The quantitative estimate of drug-likeness (QED) is 0.749. The molecule has 0 aliphatic heterocycles. The van der Waals surface area contributed by atoms with Crippen LogP contribution in [0.25, 0.3) is 11.0 Å². The van der Waals surface area contributed by atoms with Crippen LogP contribution in [0.4, 0.5) is 5.69 Å². The largest absolute Gasteiger partial charge is 0.356 e. The van der Waals surface area contributed by atoms with E-state index in [0.717, 1.165) is 22.4 Å². The lowest BCUT2D eigenvalue weighted by molar-refractivity contribution is -0.114. The first kappa shape index (κ1) is 8.74. The van der Waals surface area contributed by atoms with Gasteiger partial charge in [0.2, 0.25) is 5.91 Å². The van der Waals surface area contributed by atoms with Gasteiger partial charge >= 0.3 is 0 Å². The predicted molar refractivity (Wildman–Crippen MR) is 53.0 cm³/mol. The molecule has 72 valence electrons. The van der Waals surface area contributed by atoms with Crippen molar-refractivity contribution >= 4 is 22.6 Å². The Morgan fingerprint density at radius 3 is 3.00 bits per heavy atom. The summed E-state index contributed by atoms with van der Waals surface area (Å²) in [6, 6.07) is 5.43. The Morgan fingerprint density at radius 2 is 2.29 bits per heavy atom. The molecule has 0 bridgehead atoms. The van der Waals surface area contributed by atoms with E-state index < -0.39 is 0 Å². The normalized spacial score (nSPS) is 10.4. The number of nitrogens with one attached hydrogen (secondary N) is 1. The molecule has 0 atom stereocenters. The predicted octanol–water partition coefficient (Wildman–Crippen LogP) is 2.09. The Labute approximate surface area is 80.9 Å². The topological polar surface area (TPSA) is 55.1 Å². The first-order valence-electron chi connectivity index (χ1n) is 4.30. The summed E-state index contributed by atoms with van der Waals surface area (Å²) in [6.45, 7) is 3.34. The van der Waals surface area contributed by atoms with Crippen LogP contribution >= 0.6 is 0 Å². The molecule has 0 saturated carbocycles. The van der Waals surface area contributed by atoms with Gasteiger partial charge < -0.3 is 9.84 Å². The zero-order valence-corrected chi connectivity index (χ0v) is 8.00. The maximum absolute atomic E-state index is 10.8. The summed E-state index contributed by atoms with van der Waals surface area (Å²) in [5.41, 5.74) is 2.32. The average Bonchev–Trinajstić information content (AvgIpc) is 2.47. The number of benzene rings is 1. The Bertz CT molecular complexity index is 488. The summed E-state index contributed by atoms with van der Waals surface area (Å²) in [5, 5.41) is 7.46. The fourth-order valence-electron chi connectivity index (χ4n) is 1.34. The highest BCUT2D eigenvalue weighted by atomic mass is 16.5. The lowest BCUT2D eigenvalue weighted by atomic mass is 10.2. The van der Waals surface area contributed by atoms with Gasteiger partial charge in [-0.25, -0.2) is 0 Å². The number of fused-ring (bicyclic) bond motifs is 1. The van der Waals surface area contributed by atoms with E-state index >= 15 is 0 Å². The lowest BCUT2D eigenvalue weighted by Crippen LogP contribution is -2.05. The number of hydrogen-bond acceptors (Lipinski definition) is 3. The van der Waals surface area contributed by atoms with Crippen LogP contribution < -0.4 is 5.32 Å². The van der Waals surface area contributed by atoms with Crippen molar-refractivity contribution in [1.82, 2.24) is 5.16 Å². The minimum Gasteiger partial charge on any atom is -0.356 e. The van der Waals surface area contributed by atoms with Crippen molar-refractivity contribution in [1.29, 1.82) is 0 Å². The Kier molecular flexibility index (Phi) is 1.96. The zero-order valence-electron chi connectivity index (χ0n) is 8.00. The summed E-state index contributed by atoms with van der Waals surface area (Å²) < 4.78 is 5.05. The Morgan fingerprint density at radius 1 is 1.50 bits per heavy atom. The molecule has 1 amide bonds. The smallest absolute Gasteiger partial charge is 0.221 e. The van der Waals surface area contributed by atoms with Crippen LogP contribution in [-0.2, 0) is 4.79 Å². The maximum Gasteiger partial charge on any atom is 0.221 e. The van der Waals surface area contributed by atoms with E-state index in [1.807, 2.05) is 13.0 Å². The van der Waals surface area contributed by atoms with Crippen LogP contribution in [0.15, 0.2) is 22.7 Å². The molecule has 2 rings (SSSR count). The number of nitrogens with zero attached hydrogens (tertiary/aromatic N) is 1. The van der Waals surface area contributed by atoms with Crippen LogP contribution in [0.1, 0.15) is 12.6 Å². The highest BCUT2D eigenvalue weighted by Crippen LogP contribution is 2.21. The number of hydrogen-bond donors (Lipinski definition) is 1. The van der Waals surface area contributed by atoms with E-state index in [-0.39, 0.29) is 5.91 Å². The molecule has 0 radical (unpaired) electrons. The third-order valence-corrected chi connectivity index (χ3v) is 1.97. The highest BCUT2D eigenvalue weighted by Gasteiger charge is 2.04. The van der Waals surface area contributed by atoms with Crippen LogP contribution in [0.3, 0.4) is 0 Å². The summed E-state index contributed by atoms with van der Waals surface area (Å²) in [7, 11) is 0. The van der Waals surface area contributed by atoms with Crippen LogP contribution in [-0.4, -0.2) is 11.1 Å². The molecule has 0 fully saturated rings. The molecule has 0 aliphatic carbocycles. The monoisotopic (exact) mass is 190 g/mol. The van der Waals surface area contributed by atoms with E-state index in [4.69, 9.17) is 4.52 Å². The first-order chi connectivity index (χ1) is 6.66. The van der Waals surface area contributed by atoms with Gasteiger partial charge in [-0.15, -0.1) is 0 Å². The molecule has 0 spiro atoms. The number of aromatic nitrogens is 1. The molecule has 2 aromatic rings. The Balaban J connectivity index is 2.49. The van der Waals surface area contributed by atoms with Crippen molar-refractivity contribution in [3.63, 3.8) is 0 Å². The van der Waals surface area contributed by atoms with Crippen molar-refractivity contribution in [3.05, 3.63) is 23.9 Å². The minimum absolute atomic E-state index is 0.0848. The molecule has 4 nitrogen and oxygen atoms in total. The van der Waals surface area contributed by atoms with Gasteiger partial charge in [-0.2, -0.15) is 0 Å². The molecule has 0 unspecified atom stereocenters. The third kappa shape index (κ3) is 1.46. The van der Waals surface area contributed by atoms with Crippen molar-refractivity contribution in [2.45, 2.75) is 13.8 Å². The van der Waals surface area contributed by atoms with Gasteiger partial charge in [-0.05, 0) is 25.1 Å². The van der Waals surface area contributed by atoms with Gasteiger partial charge in [0.25, 0.3) is 0 Å². The first-order valence-corrected chi connectivity index (χ1v) is 4.30. The zero-order chi connectivity index (χ0) is 10.1. The number of carbonyl (C=O) groups excluding carboxylic acids is 1. The molecule has 0 saturated heterocycles. The fourth-order valence-corrected chi connectivity index (χ4v) is 1.34. The van der Waals surface area contributed by atoms with E-state index in [2.05, 4.69) is 10.5 Å². The van der Waals surface area contributed by atoms with Gasteiger partial charge in [-0.3, -0.25) is 4.79 Å². The number of rotatable bonds is 1. The van der Waals surface area contributed by atoms with E-state index in [1.54, 1.807) is 12.1 Å². The van der Waals surface area contributed by atoms with E-state index in [1.165, 1.54) is 6.92 Å². The van der Waals surface area contributed by atoms with Gasteiger partial charge in [-0.1, -0.05) is 5.16 Å². The van der Waals surface area contributed by atoms with Gasteiger partial charge in [0.1, 0.15) is 0 Å². The van der Waals surface area contributed by atoms with Crippen molar-refractivity contribution < 1.29 is 9.32 Å². The van der Waals surface area contributed by atoms with Crippen molar-refractivity contribution in [2.75, 3.05) is 5.32 Å². The molecule has 1 aromatic carbocycles. The van der Waals surface area contributed by atoms with Crippen LogP contribution in [0.2, 0.25) is 0 Å². The van der Waals surface area contributed by atoms with Crippen LogP contribution in [0, 0.1) is 6.92 Å². The molecular formula is C10H10N2O2. The molecule has 0 aliphatic rings. The van der Waals surface area contributed by atoms with Gasteiger partial charge in [0.15, 0.2) is 5.58 Å². The highest BCUT2D eigenvalue weighted by molar-refractivity contribution is 5.92. The molecular weight excluding hydrogens is 180 g/mol. The average molecular weight is 190 g/mol. The SMILES string of the molecule is CC(=O)Nc1ccc2onc(C)c2c1. The standard InChI is InChI=1S/C10H10N2O2/c1-6-9-5-8(11-7(2)13)3-4-10(9)14-12-6/h3-5H,1-2H3,(H,11,13). The second kappa shape index (κ2) is 3.14. The summed E-state index contributed by atoms with van der Waals surface area (Å²) in [6.07, 6.45) is 0. The molecule has 14 heavy (non-hydrogen) atoms. The number of amides is 1. The molecule has 4 heteroatoms. The molecule has 1 aromatic heterocycles. The molecule has 1 heterocycles. The summed E-state index contributed by atoms with van der Waals surface area (Å²) in [4.78, 5) is 10.8. The second-order valence-corrected chi connectivity index (χ2v) is 3.16.